The first-order chi connectivity index (χ1) is 10.6. The Hall–Kier alpha value is -2.04. The predicted molar refractivity (Wildman–Crippen MR) is 84.1 cm³/mol. The van der Waals surface area contributed by atoms with Crippen LogP contribution in [0.3, 0.4) is 0 Å². The molecule has 1 fully saturated rings. The number of likely N-dealkylation sites (tertiary alicyclic amines) is 1. The number of anilines is 1. The van der Waals surface area contributed by atoms with E-state index in [2.05, 4.69) is 12.2 Å². The summed E-state index contributed by atoms with van der Waals surface area (Å²) in [6.07, 6.45) is 2.66. The third-order valence-corrected chi connectivity index (χ3v) is 4.47. The number of nitrogens with one attached hydrogen (secondary N) is 1. The molecule has 118 valence electrons. The van der Waals surface area contributed by atoms with Gasteiger partial charge in [0.1, 0.15) is 0 Å². The number of ether oxygens (including phenoxy) is 1. The molecular weight excluding hydrogens is 280 g/mol. The Kier molecular flexibility index (Phi) is 4.05. The van der Waals surface area contributed by atoms with Gasteiger partial charge in [0, 0.05) is 13.1 Å². The van der Waals surface area contributed by atoms with Gasteiger partial charge in [0.05, 0.1) is 11.3 Å². The third-order valence-electron chi connectivity index (χ3n) is 4.47. The molecule has 22 heavy (non-hydrogen) atoms. The Balaban J connectivity index is 1.87. The second-order valence-corrected chi connectivity index (χ2v) is 6.26. The first kappa shape index (κ1) is 14.9. The zero-order valence-electron chi connectivity index (χ0n) is 13.1. The van der Waals surface area contributed by atoms with E-state index in [1.807, 2.05) is 4.90 Å². The van der Waals surface area contributed by atoms with E-state index in [0.29, 0.717) is 22.9 Å². The Labute approximate surface area is 130 Å². The molecule has 1 aromatic rings. The summed E-state index contributed by atoms with van der Waals surface area (Å²) in [5.74, 6) is 0.977. The normalized spacial score (nSPS) is 24.8. The van der Waals surface area contributed by atoms with Gasteiger partial charge in [-0.2, -0.15) is 0 Å². The number of para-hydroxylation sites is 1. The summed E-state index contributed by atoms with van der Waals surface area (Å²) in [5, 5.41) is 2.79. The molecule has 1 saturated heterocycles. The summed E-state index contributed by atoms with van der Waals surface area (Å²) in [4.78, 5) is 26.4. The van der Waals surface area contributed by atoms with Crippen LogP contribution < -0.4 is 10.1 Å². The number of hydrogen-bond acceptors (Lipinski definition) is 3. The minimum atomic E-state index is -0.578. The molecule has 2 heterocycles. The van der Waals surface area contributed by atoms with Crippen molar-refractivity contribution in [3.8, 4) is 5.75 Å². The van der Waals surface area contributed by atoms with Crippen LogP contribution in [-0.4, -0.2) is 35.9 Å². The Morgan fingerprint density at radius 2 is 2.09 bits per heavy atom. The van der Waals surface area contributed by atoms with Gasteiger partial charge in [0.2, 0.25) is 0 Å². The van der Waals surface area contributed by atoms with Crippen molar-refractivity contribution in [3.63, 3.8) is 0 Å². The topological polar surface area (TPSA) is 58.6 Å². The lowest BCUT2D eigenvalue weighted by Crippen LogP contribution is -2.37. The van der Waals surface area contributed by atoms with Crippen molar-refractivity contribution < 1.29 is 14.3 Å². The van der Waals surface area contributed by atoms with Gasteiger partial charge >= 0.3 is 0 Å². The number of carbonyl (C=O) groups is 2. The molecule has 2 aliphatic rings. The van der Waals surface area contributed by atoms with Gasteiger partial charge in [0.15, 0.2) is 11.9 Å². The van der Waals surface area contributed by atoms with Crippen LogP contribution in [0.1, 0.15) is 43.5 Å². The minimum absolute atomic E-state index is 0.00528. The Morgan fingerprint density at radius 3 is 2.91 bits per heavy atom. The van der Waals surface area contributed by atoms with Gasteiger partial charge in [-0.3, -0.25) is 9.59 Å². The number of fused-ring (bicyclic) bond motifs is 1. The van der Waals surface area contributed by atoms with Gasteiger partial charge in [-0.15, -0.1) is 0 Å². The van der Waals surface area contributed by atoms with Crippen LogP contribution in [-0.2, 0) is 4.79 Å². The molecule has 0 aromatic heterocycles. The molecule has 1 N–H and O–H groups in total. The lowest BCUT2D eigenvalue weighted by atomic mass is 10.0. The van der Waals surface area contributed by atoms with Gasteiger partial charge in [0.25, 0.3) is 11.8 Å². The lowest BCUT2D eigenvalue weighted by Gasteiger charge is -2.27. The van der Waals surface area contributed by atoms with E-state index in [1.54, 1.807) is 25.1 Å². The molecule has 2 unspecified atom stereocenters. The fourth-order valence-electron chi connectivity index (χ4n) is 3.03. The first-order valence-electron chi connectivity index (χ1n) is 7.96. The smallest absolute Gasteiger partial charge is 0.265 e. The zero-order valence-corrected chi connectivity index (χ0v) is 13.1. The maximum atomic E-state index is 12.9. The summed E-state index contributed by atoms with van der Waals surface area (Å²) in [6, 6.07) is 5.33. The molecule has 2 aliphatic heterocycles. The van der Waals surface area contributed by atoms with Crippen LogP contribution in [0.15, 0.2) is 18.2 Å². The molecule has 0 radical (unpaired) electrons. The van der Waals surface area contributed by atoms with Crippen LogP contribution in [0.5, 0.6) is 5.75 Å². The highest BCUT2D eigenvalue weighted by Gasteiger charge is 2.29. The number of hydrogen-bond donors (Lipinski definition) is 1. The summed E-state index contributed by atoms with van der Waals surface area (Å²) < 4.78 is 5.68. The van der Waals surface area contributed by atoms with E-state index in [4.69, 9.17) is 4.74 Å². The SMILES string of the molecule is CC1CCCN(C(=O)c2cccc3c2OC(C)C(=O)N3)CC1. The van der Waals surface area contributed by atoms with Crippen LogP contribution >= 0.6 is 0 Å². The molecule has 0 spiro atoms. The summed E-state index contributed by atoms with van der Waals surface area (Å²) in [6.45, 7) is 5.49. The molecule has 0 saturated carbocycles. The van der Waals surface area contributed by atoms with Gasteiger partial charge in [-0.25, -0.2) is 0 Å². The van der Waals surface area contributed by atoms with Gasteiger partial charge in [-0.1, -0.05) is 13.0 Å². The zero-order chi connectivity index (χ0) is 15.7. The van der Waals surface area contributed by atoms with E-state index in [1.165, 1.54) is 6.42 Å². The largest absolute Gasteiger partial charge is 0.478 e. The van der Waals surface area contributed by atoms with E-state index >= 15 is 0 Å². The molecule has 0 bridgehead atoms. The van der Waals surface area contributed by atoms with Gasteiger partial charge < -0.3 is 15.0 Å². The average Bonchev–Trinajstić information content (AvgIpc) is 2.72. The maximum Gasteiger partial charge on any atom is 0.265 e. The number of carbonyl (C=O) groups excluding carboxylic acids is 2. The van der Waals surface area contributed by atoms with Crippen LogP contribution in [0.4, 0.5) is 5.69 Å². The number of rotatable bonds is 1. The van der Waals surface area contributed by atoms with Crippen molar-refractivity contribution in [2.24, 2.45) is 5.92 Å². The number of nitrogens with zero attached hydrogens (tertiary/aromatic N) is 1. The van der Waals surface area contributed by atoms with E-state index in [-0.39, 0.29) is 11.8 Å². The number of benzene rings is 1. The monoisotopic (exact) mass is 302 g/mol. The standard InChI is InChI=1S/C17H22N2O3/c1-11-5-4-9-19(10-8-11)17(21)13-6-3-7-14-15(13)22-12(2)16(20)18-14/h3,6-7,11-12H,4-5,8-10H2,1-2H3,(H,18,20). The number of amides is 2. The summed E-state index contributed by atoms with van der Waals surface area (Å²) >= 11 is 0. The van der Waals surface area contributed by atoms with E-state index in [9.17, 15) is 9.59 Å². The maximum absolute atomic E-state index is 12.9. The molecule has 2 atom stereocenters. The Morgan fingerprint density at radius 1 is 1.27 bits per heavy atom. The molecule has 5 nitrogen and oxygen atoms in total. The van der Waals surface area contributed by atoms with E-state index in [0.717, 1.165) is 25.9 Å². The fraction of sp³-hybridized carbons (Fsp3) is 0.529. The second kappa shape index (κ2) is 5.99. The average molecular weight is 302 g/mol. The highest BCUT2D eigenvalue weighted by molar-refractivity contribution is 6.04. The summed E-state index contributed by atoms with van der Waals surface area (Å²) in [5.41, 5.74) is 1.12. The molecule has 1 aromatic carbocycles. The van der Waals surface area contributed by atoms with Crippen molar-refractivity contribution in [1.29, 1.82) is 0 Å². The highest BCUT2D eigenvalue weighted by atomic mass is 16.5. The Bertz CT molecular complexity index is 600. The van der Waals surface area contributed by atoms with Crippen molar-refractivity contribution in [2.45, 2.75) is 39.2 Å². The van der Waals surface area contributed by atoms with E-state index < -0.39 is 6.10 Å². The van der Waals surface area contributed by atoms with Crippen LogP contribution in [0.25, 0.3) is 0 Å². The second-order valence-electron chi connectivity index (χ2n) is 6.26. The van der Waals surface area contributed by atoms with Crippen LogP contribution in [0.2, 0.25) is 0 Å². The molecule has 2 amide bonds. The van der Waals surface area contributed by atoms with Crippen molar-refractivity contribution >= 4 is 17.5 Å². The highest BCUT2D eigenvalue weighted by Crippen LogP contribution is 2.34. The third kappa shape index (κ3) is 2.80. The molecular formula is C17H22N2O3. The van der Waals surface area contributed by atoms with Crippen molar-refractivity contribution in [1.82, 2.24) is 4.90 Å². The lowest BCUT2D eigenvalue weighted by molar-refractivity contribution is -0.122. The van der Waals surface area contributed by atoms with Gasteiger partial charge in [-0.05, 0) is 44.2 Å². The minimum Gasteiger partial charge on any atom is -0.478 e. The predicted octanol–water partition coefficient (Wildman–Crippen LogP) is 2.67. The first-order valence-corrected chi connectivity index (χ1v) is 7.96. The summed E-state index contributed by atoms with van der Waals surface area (Å²) in [7, 11) is 0. The molecule has 3 rings (SSSR count). The molecule has 5 heteroatoms. The fourth-order valence-corrected chi connectivity index (χ4v) is 3.03. The van der Waals surface area contributed by atoms with Crippen molar-refractivity contribution in [3.05, 3.63) is 23.8 Å². The van der Waals surface area contributed by atoms with Crippen molar-refractivity contribution in [2.75, 3.05) is 18.4 Å². The molecule has 0 aliphatic carbocycles. The van der Waals surface area contributed by atoms with Crippen LogP contribution in [0, 0.1) is 5.92 Å². The quantitative estimate of drug-likeness (QED) is 0.867.